The van der Waals surface area contributed by atoms with E-state index < -0.39 is 11.6 Å². The third-order valence-electron chi connectivity index (χ3n) is 3.50. The Balaban J connectivity index is 1.89. The number of nitrogens with zero attached hydrogens (tertiary/aromatic N) is 2. The number of hydrogen-bond acceptors (Lipinski definition) is 3. The molecule has 2 aliphatic heterocycles. The monoisotopic (exact) mass is 224 g/mol. The lowest BCUT2D eigenvalue weighted by Gasteiger charge is -2.36. The minimum absolute atomic E-state index is 0.271. The lowest BCUT2D eigenvalue weighted by Crippen LogP contribution is -2.54. The molecule has 0 aromatic heterocycles. The summed E-state index contributed by atoms with van der Waals surface area (Å²) in [6.07, 6.45) is 3.78. The largest absolute Gasteiger partial charge is 0.345 e. The van der Waals surface area contributed by atoms with Gasteiger partial charge in [0.1, 0.15) is 5.54 Å². The van der Waals surface area contributed by atoms with Gasteiger partial charge in [-0.25, -0.2) is 4.79 Å². The number of carbonyl (C=O) groups excluding carboxylic acids is 2. The van der Waals surface area contributed by atoms with Crippen molar-refractivity contribution in [1.29, 1.82) is 0 Å². The van der Waals surface area contributed by atoms with Gasteiger partial charge in [-0.15, -0.1) is 0 Å². The van der Waals surface area contributed by atoms with E-state index in [2.05, 4.69) is 22.5 Å². The molecule has 0 bridgehead atoms. The average Bonchev–Trinajstić information content (AvgIpc) is 2.53. The predicted molar refractivity (Wildman–Crippen MR) is 59.0 cm³/mol. The van der Waals surface area contributed by atoms with Crippen LogP contribution in [-0.4, -0.2) is 42.0 Å². The molecule has 2 heterocycles. The first-order valence-electron chi connectivity index (χ1n) is 5.97. The molecule has 0 aromatic rings. The number of rotatable bonds is 3. The molecule has 2 saturated heterocycles. The highest BCUT2D eigenvalue weighted by Gasteiger charge is 2.48. The van der Waals surface area contributed by atoms with Gasteiger partial charge in [0.15, 0.2) is 0 Å². The summed E-state index contributed by atoms with van der Waals surface area (Å²) in [4.78, 5) is 25.0. The summed E-state index contributed by atoms with van der Waals surface area (Å²) in [5.74, 6) is -0.271. The Morgan fingerprint density at radius 1 is 1.38 bits per heavy atom. The number of amides is 3. The van der Waals surface area contributed by atoms with Gasteiger partial charge in [0, 0.05) is 13.1 Å². The molecule has 16 heavy (non-hydrogen) atoms. The van der Waals surface area contributed by atoms with Crippen molar-refractivity contribution in [2.24, 2.45) is 0 Å². The van der Waals surface area contributed by atoms with E-state index >= 15 is 0 Å². The van der Waals surface area contributed by atoms with Crippen LogP contribution in [0.15, 0.2) is 0 Å². The lowest BCUT2D eigenvalue weighted by molar-refractivity contribution is -0.125. The highest BCUT2D eigenvalue weighted by atomic mass is 16.2. The first-order chi connectivity index (χ1) is 7.66. The Labute approximate surface area is 95.6 Å². The average molecular weight is 224 g/mol. The van der Waals surface area contributed by atoms with Gasteiger partial charge in [-0.05, 0) is 25.8 Å². The van der Waals surface area contributed by atoms with Crippen LogP contribution in [-0.2, 0) is 4.79 Å². The maximum Gasteiger partial charge on any atom is 0.345 e. The number of hydrogen-bond donors (Lipinski definition) is 1. The van der Waals surface area contributed by atoms with E-state index in [9.17, 15) is 9.59 Å². The first kappa shape index (κ1) is 11.4. The predicted octanol–water partition coefficient (Wildman–Crippen LogP) is 0.475. The second kappa shape index (κ2) is 4.41. The SMILES string of the molecule is CCCCN1CCC2(CC1)NC(=O)[N]C2=O. The number of piperidine rings is 1. The summed E-state index contributed by atoms with van der Waals surface area (Å²) in [7, 11) is 0. The van der Waals surface area contributed by atoms with Crippen LogP contribution < -0.4 is 10.6 Å². The van der Waals surface area contributed by atoms with Gasteiger partial charge in [0.25, 0.3) is 5.91 Å². The van der Waals surface area contributed by atoms with Gasteiger partial charge in [-0.2, -0.15) is 5.32 Å². The maximum atomic E-state index is 11.6. The highest BCUT2D eigenvalue weighted by Crippen LogP contribution is 2.26. The van der Waals surface area contributed by atoms with Crippen LogP contribution in [0.3, 0.4) is 0 Å². The molecule has 5 heteroatoms. The number of carbonyl (C=O) groups is 2. The maximum absolute atomic E-state index is 11.6. The van der Waals surface area contributed by atoms with Crippen molar-refractivity contribution in [3.63, 3.8) is 0 Å². The number of unbranched alkanes of at least 4 members (excludes halogenated alkanes) is 1. The Morgan fingerprint density at radius 3 is 2.56 bits per heavy atom. The quantitative estimate of drug-likeness (QED) is 0.709. The molecule has 89 valence electrons. The second-order valence-electron chi connectivity index (χ2n) is 4.62. The van der Waals surface area contributed by atoms with Gasteiger partial charge < -0.3 is 10.2 Å². The standard InChI is InChI=1S/C11H18N3O2/c1-2-3-6-14-7-4-11(5-8-14)9(15)12-10(16)13-11/h2-8H2,1H3,(H,13,16). The van der Waals surface area contributed by atoms with Gasteiger partial charge >= 0.3 is 6.03 Å². The summed E-state index contributed by atoms with van der Waals surface area (Å²) in [5.41, 5.74) is -0.667. The minimum Gasteiger partial charge on any atom is -0.321 e. The van der Waals surface area contributed by atoms with Crippen molar-refractivity contribution >= 4 is 11.9 Å². The number of imide groups is 1. The molecular weight excluding hydrogens is 206 g/mol. The zero-order chi connectivity index (χ0) is 11.6. The van der Waals surface area contributed by atoms with Crippen LogP contribution in [0.2, 0.25) is 0 Å². The molecule has 1 radical (unpaired) electrons. The molecule has 2 fully saturated rings. The van der Waals surface area contributed by atoms with Crippen LogP contribution in [0.5, 0.6) is 0 Å². The molecular formula is C11H18N3O2. The third-order valence-corrected chi connectivity index (χ3v) is 3.50. The molecule has 0 aromatic carbocycles. The van der Waals surface area contributed by atoms with Crippen molar-refractivity contribution in [2.75, 3.05) is 19.6 Å². The van der Waals surface area contributed by atoms with Crippen molar-refractivity contribution in [3.8, 4) is 0 Å². The van der Waals surface area contributed by atoms with Crippen LogP contribution >= 0.6 is 0 Å². The van der Waals surface area contributed by atoms with E-state index in [-0.39, 0.29) is 5.91 Å². The van der Waals surface area contributed by atoms with Crippen LogP contribution in [0, 0.1) is 0 Å². The van der Waals surface area contributed by atoms with Crippen molar-refractivity contribution in [3.05, 3.63) is 0 Å². The number of urea groups is 1. The van der Waals surface area contributed by atoms with E-state index in [4.69, 9.17) is 0 Å². The summed E-state index contributed by atoms with van der Waals surface area (Å²) in [6, 6.07) is -0.466. The van der Waals surface area contributed by atoms with Gasteiger partial charge in [0.05, 0.1) is 0 Å². The summed E-state index contributed by atoms with van der Waals surface area (Å²) < 4.78 is 0. The van der Waals surface area contributed by atoms with E-state index in [1.165, 1.54) is 12.8 Å². The van der Waals surface area contributed by atoms with Crippen LogP contribution in [0.4, 0.5) is 4.79 Å². The fourth-order valence-corrected chi connectivity index (χ4v) is 2.36. The number of likely N-dealkylation sites (tertiary alicyclic amines) is 1. The molecule has 0 unspecified atom stereocenters. The highest BCUT2D eigenvalue weighted by molar-refractivity contribution is 6.06. The van der Waals surface area contributed by atoms with Crippen molar-refractivity contribution in [2.45, 2.75) is 38.1 Å². The smallest absolute Gasteiger partial charge is 0.321 e. The van der Waals surface area contributed by atoms with Gasteiger partial charge in [-0.1, -0.05) is 13.3 Å². The minimum atomic E-state index is -0.667. The molecule has 5 nitrogen and oxygen atoms in total. The van der Waals surface area contributed by atoms with E-state index in [1.54, 1.807) is 0 Å². The Bertz CT molecular complexity index is 296. The molecule has 1 spiro atoms. The van der Waals surface area contributed by atoms with Crippen molar-refractivity contribution < 1.29 is 9.59 Å². The molecule has 0 saturated carbocycles. The number of nitrogens with one attached hydrogen (secondary N) is 1. The Kier molecular flexibility index (Phi) is 3.14. The second-order valence-corrected chi connectivity index (χ2v) is 4.62. The summed E-state index contributed by atoms with van der Waals surface area (Å²) in [6.45, 7) is 5.01. The summed E-state index contributed by atoms with van der Waals surface area (Å²) >= 11 is 0. The normalized spacial score (nSPS) is 24.6. The Hall–Kier alpha value is -1.10. The van der Waals surface area contributed by atoms with Crippen LogP contribution in [0.25, 0.3) is 0 Å². The molecule has 2 aliphatic rings. The molecule has 0 aliphatic carbocycles. The van der Waals surface area contributed by atoms with E-state index in [0.717, 1.165) is 19.6 Å². The lowest BCUT2D eigenvalue weighted by atomic mass is 9.87. The molecule has 1 N–H and O–H groups in total. The third kappa shape index (κ3) is 2.04. The first-order valence-corrected chi connectivity index (χ1v) is 5.97. The zero-order valence-corrected chi connectivity index (χ0v) is 9.66. The van der Waals surface area contributed by atoms with Crippen molar-refractivity contribution in [1.82, 2.24) is 15.5 Å². The fourth-order valence-electron chi connectivity index (χ4n) is 2.36. The zero-order valence-electron chi connectivity index (χ0n) is 9.66. The topological polar surface area (TPSA) is 63.5 Å². The molecule has 0 atom stereocenters. The van der Waals surface area contributed by atoms with E-state index in [1.807, 2.05) is 0 Å². The molecule has 3 amide bonds. The van der Waals surface area contributed by atoms with Gasteiger partial charge in [0.2, 0.25) is 0 Å². The van der Waals surface area contributed by atoms with E-state index in [0.29, 0.717) is 12.8 Å². The summed E-state index contributed by atoms with van der Waals surface area (Å²) in [5, 5.41) is 6.16. The van der Waals surface area contributed by atoms with Crippen LogP contribution in [0.1, 0.15) is 32.6 Å². The molecule has 2 rings (SSSR count). The Morgan fingerprint density at radius 2 is 2.06 bits per heavy atom. The van der Waals surface area contributed by atoms with Gasteiger partial charge in [-0.3, -0.25) is 4.79 Å². The fraction of sp³-hybridized carbons (Fsp3) is 0.818.